The summed E-state index contributed by atoms with van der Waals surface area (Å²) in [5, 5.41) is 5.42. The summed E-state index contributed by atoms with van der Waals surface area (Å²) in [6.07, 6.45) is 5.72. The molecule has 1 aromatic heterocycles. The third-order valence-electron chi connectivity index (χ3n) is 3.84. The Kier molecular flexibility index (Phi) is 4.82. The molecule has 0 aromatic carbocycles. The number of rotatable bonds is 4. The number of carbonyl (C=O) groups is 1. The molecule has 0 unspecified atom stereocenters. The number of pyridine rings is 1. The largest absolute Gasteiger partial charge is 0.341 e. The second-order valence-corrected chi connectivity index (χ2v) is 7.41. The van der Waals surface area contributed by atoms with Gasteiger partial charge in [-0.1, -0.05) is 25.3 Å². The molecule has 21 heavy (non-hydrogen) atoms. The van der Waals surface area contributed by atoms with Crippen molar-refractivity contribution in [1.82, 2.24) is 15.6 Å². The van der Waals surface area contributed by atoms with Gasteiger partial charge in [0.2, 0.25) is 0 Å². The maximum atomic E-state index is 12.5. The van der Waals surface area contributed by atoms with Gasteiger partial charge in [-0.15, -0.1) is 0 Å². The van der Waals surface area contributed by atoms with Crippen LogP contribution in [0.1, 0.15) is 32.1 Å². The van der Waals surface area contributed by atoms with Crippen molar-refractivity contribution < 1.29 is 13.2 Å². The van der Waals surface area contributed by atoms with E-state index in [2.05, 4.69) is 15.6 Å². The van der Waals surface area contributed by atoms with Gasteiger partial charge in [-0.2, -0.15) is 0 Å². The normalized spacial score (nSPS) is 18.0. The Balaban J connectivity index is 2.24. The molecule has 1 heterocycles. The summed E-state index contributed by atoms with van der Waals surface area (Å²) in [6.45, 7) is 0. The fraction of sp³-hybridized carbons (Fsp3) is 0.571. The first-order valence-corrected chi connectivity index (χ1v) is 8.76. The lowest BCUT2D eigenvalue weighted by Crippen LogP contribution is -2.56. The minimum Gasteiger partial charge on any atom is -0.341 e. The van der Waals surface area contributed by atoms with Gasteiger partial charge in [0.25, 0.3) is 0 Å². The van der Waals surface area contributed by atoms with Crippen molar-refractivity contribution in [2.75, 3.05) is 12.8 Å². The number of carbonyl (C=O) groups excluding carboxylic acids is 1. The number of aromatic nitrogens is 1. The average Bonchev–Trinajstić information content (AvgIpc) is 2.48. The van der Waals surface area contributed by atoms with Gasteiger partial charge in [-0.3, -0.25) is 0 Å². The molecule has 1 saturated carbocycles. The van der Waals surface area contributed by atoms with Gasteiger partial charge >= 0.3 is 6.03 Å². The fourth-order valence-electron chi connectivity index (χ4n) is 2.81. The van der Waals surface area contributed by atoms with Gasteiger partial charge < -0.3 is 10.6 Å². The van der Waals surface area contributed by atoms with Crippen molar-refractivity contribution in [2.45, 2.75) is 42.7 Å². The summed E-state index contributed by atoms with van der Waals surface area (Å²) in [5.74, 6) is -0.107. The van der Waals surface area contributed by atoms with E-state index in [1.807, 2.05) is 0 Å². The number of urea groups is 1. The first-order valence-electron chi connectivity index (χ1n) is 7.11. The number of hydrogen-bond acceptors (Lipinski definition) is 4. The van der Waals surface area contributed by atoms with E-state index in [-0.39, 0.29) is 16.8 Å². The molecule has 6 nitrogen and oxygen atoms in total. The molecule has 0 radical (unpaired) electrons. The molecule has 0 saturated heterocycles. The molecule has 2 rings (SSSR count). The van der Waals surface area contributed by atoms with Crippen LogP contribution >= 0.6 is 0 Å². The average molecular weight is 311 g/mol. The molecule has 1 aromatic rings. The summed E-state index contributed by atoms with van der Waals surface area (Å²) in [6, 6.07) is 4.48. The van der Waals surface area contributed by atoms with Crippen molar-refractivity contribution in [3.05, 3.63) is 24.4 Å². The lowest BCUT2D eigenvalue weighted by atomic mass is 9.83. The van der Waals surface area contributed by atoms with Crippen molar-refractivity contribution in [2.24, 2.45) is 0 Å². The zero-order chi connectivity index (χ0) is 15.3. The third-order valence-corrected chi connectivity index (χ3v) is 5.65. The molecule has 0 aliphatic heterocycles. The Morgan fingerprint density at radius 3 is 2.57 bits per heavy atom. The highest BCUT2D eigenvalue weighted by Gasteiger charge is 2.38. The van der Waals surface area contributed by atoms with Crippen molar-refractivity contribution in [3.63, 3.8) is 0 Å². The van der Waals surface area contributed by atoms with Crippen molar-refractivity contribution in [3.8, 4) is 0 Å². The fourth-order valence-corrected chi connectivity index (χ4v) is 4.55. The number of sulfone groups is 1. The number of nitrogens with zero attached hydrogens (tertiary/aromatic N) is 1. The van der Waals surface area contributed by atoms with E-state index in [0.29, 0.717) is 12.8 Å². The highest BCUT2D eigenvalue weighted by atomic mass is 32.2. The van der Waals surface area contributed by atoms with E-state index in [1.54, 1.807) is 12.1 Å². The molecule has 7 heteroatoms. The van der Waals surface area contributed by atoms with Gasteiger partial charge in [0.05, 0.1) is 11.3 Å². The standard InChI is InChI=1S/C14H21N3O3S/c1-15-13(18)17-14(8-4-2-5-9-14)11-21(19,20)12-7-3-6-10-16-12/h3,6-7,10H,2,4-5,8-9,11H2,1H3,(H2,15,17,18). The first-order chi connectivity index (χ1) is 9.97. The van der Waals surface area contributed by atoms with Crippen LogP contribution in [0, 0.1) is 0 Å². The number of amides is 2. The zero-order valence-corrected chi connectivity index (χ0v) is 12.9. The Bertz CT molecular complexity index is 581. The summed E-state index contributed by atoms with van der Waals surface area (Å²) < 4.78 is 25.1. The topological polar surface area (TPSA) is 88.2 Å². The molecule has 116 valence electrons. The molecule has 0 atom stereocenters. The molecule has 1 aliphatic rings. The van der Waals surface area contributed by atoms with Crippen LogP contribution in [0.2, 0.25) is 0 Å². The molecule has 2 amide bonds. The van der Waals surface area contributed by atoms with Crippen LogP contribution in [0.5, 0.6) is 0 Å². The maximum Gasteiger partial charge on any atom is 0.314 e. The van der Waals surface area contributed by atoms with Crippen LogP contribution in [0.3, 0.4) is 0 Å². The predicted molar refractivity (Wildman–Crippen MR) is 79.7 cm³/mol. The lowest BCUT2D eigenvalue weighted by molar-refractivity contribution is 0.214. The monoisotopic (exact) mass is 311 g/mol. The summed E-state index contributed by atoms with van der Waals surface area (Å²) in [7, 11) is -2.00. The van der Waals surface area contributed by atoms with Crippen LogP contribution in [-0.4, -0.2) is 37.8 Å². The summed E-state index contributed by atoms with van der Waals surface area (Å²) >= 11 is 0. The lowest BCUT2D eigenvalue weighted by Gasteiger charge is -2.37. The van der Waals surface area contributed by atoms with E-state index in [0.717, 1.165) is 19.3 Å². The highest BCUT2D eigenvalue weighted by molar-refractivity contribution is 7.91. The van der Waals surface area contributed by atoms with E-state index < -0.39 is 15.4 Å². The van der Waals surface area contributed by atoms with E-state index >= 15 is 0 Å². The second-order valence-electron chi connectivity index (χ2n) is 5.47. The van der Waals surface area contributed by atoms with Gasteiger partial charge in [0.1, 0.15) is 0 Å². The molecule has 1 fully saturated rings. The molecule has 0 spiro atoms. The van der Waals surface area contributed by atoms with E-state index in [9.17, 15) is 13.2 Å². The quantitative estimate of drug-likeness (QED) is 0.881. The van der Waals surface area contributed by atoms with Crippen LogP contribution in [0.25, 0.3) is 0 Å². The van der Waals surface area contributed by atoms with Crippen LogP contribution in [0.4, 0.5) is 4.79 Å². The zero-order valence-electron chi connectivity index (χ0n) is 12.1. The Labute approximate surface area is 125 Å². The molecule has 0 bridgehead atoms. The smallest absolute Gasteiger partial charge is 0.314 e. The van der Waals surface area contributed by atoms with E-state index in [1.165, 1.54) is 19.3 Å². The molecule has 1 aliphatic carbocycles. The number of hydrogen-bond donors (Lipinski definition) is 2. The first kappa shape index (κ1) is 15.8. The molecular formula is C14H21N3O3S. The van der Waals surface area contributed by atoms with Crippen LogP contribution < -0.4 is 10.6 Å². The molecule has 2 N–H and O–H groups in total. The van der Waals surface area contributed by atoms with Gasteiger partial charge in [-0.25, -0.2) is 18.2 Å². The Morgan fingerprint density at radius 2 is 2.00 bits per heavy atom. The highest BCUT2D eigenvalue weighted by Crippen LogP contribution is 2.31. The minimum atomic E-state index is -3.53. The van der Waals surface area contributed by atoms with Crippen LogP contribution in [0.15, 0.2) is 29.4 Å². The minimum absolute atomic E-state index is 0.0636. The van der Waals surface area contributed by atoms with Gasteiger partial charge in [0.15, 0.2) is 14.9 Å². The van der Waals surface area contributed by atoms with Crippen molar-refractivity contribution in [1.29, 1.82) is 0 Å². The summed E-state index contributed by atoms with van der Waals surface area (Å²) in [5.41, 5.74) is -0.700. The van der Waals surface area contributed by atoms with Crippen LogP contribution in [-0.2, 0) is 9.84 Å². The van der Waals surface area contributed by atoms with Gasteiger partial charge in [-0.05, 0) is 25.0 Å². The van der Waals surface area contributed by atoms with Crippen molar-refractivity contribution >= 4 is 15.9 Å². The predicted octanol–water partition coefficient (Wildman–Crippen LogP) is 1.49. The SMILES string of the molecule is CNC(=O)NC1(CS(=O)(=O)c2ccccn2)CCCCC1. The third kappa shape index (κ3) is 3.93. The Hall–Kier alpha value is -1.63. The van der Waals surface area contributed by atoms with E-state index in [4.69, 9.17) is 0 Å². The number of nitrogens with one attached hydrogen (secondary N) is 2. The van der Waals surface area contributed by atoms with Gasteiger partial charge in [0, 0.05) is 13.2 Å². The second kappa shape index (κ2) is 6.43. The maximum absolute atomic E-state index is 12.5. The summed E-state index contributed by atoms with van der Waals surface area (Å²) in [4.78, 5) is 15.6. The molecular weight excluding hydrogens is 290 g/mol. The Morgan fingerprint density at radius 1 is 1.29 bits per heavy atom.